The molecule has 0 spiro atoms. The molecule has 2 radical (unpaired) electrons. The molecule has 0 aromatic rings. The molecule has 0 aliphatic carbocycles. The summed E-state index contributed by atoms with van der Waals surface area (Å²) in [6, 6.07) is -4.15. The Morgan fingerprint density at radius 3 is 1.05 bits per heavy atom. The Labute approximate surface area is 596 Å². The SMILES string of the molecule is C=CCO[C@@H]1OC(CO)[C@H](O[C@@H]2OC(CO[C@@H]3OC(CO)[C@@H](O[C@@H]4OC(CO)[C@H](O)C(O)C4O)C(OC4OC(C)[C@@H](O)C(O)C4O)C3[NH-])[C@H](O)C(O[C@@H]3OC(CO)[C@@H](O[C@@H]4OC(C)[C@@H](O)C(O)C4O)C(O[C@@H]4OC(CO)[C@H](O)C(O)C4O)C3[NH-])C2O)C(O)C1O.[Ac].[Ac]. The van der Waals surface area contributed by atoms with Crippen molar-refractivity contribution < 1.29 is 271 Å². The fourth-order valence-corrected chi connectivity index (χ4v) is 11.6. The number of rotatable bonds is 23. The summed E-state index contributed by atoms with van der Waals surface area (Å²) in [6.45, 7) is -0.161. The van der Waals surface area contributed by atoms with E-state index in [1.807, 2.05) is 0 Å². The number of ether oxygens (including phenoxy) is 16. The second-order valence-electron chi connectivity index (χ2n) is 23.1. The van der Waals surface area contributed by atoms with E-state index in [9.17, 15) is 119 Å². The second kappa shape index (κ2) is 36.3. The van der Waals surface area contributed by atoms with E-state index in [4.69, 9.17) is 75.8 Å². The van der Waals surface area contributed by atoms with Gasteiger partial charge in [0.15, 0.2) is 37.7 Å². The summed E-state index contributed by atoms with van der Waals surface area (Å²) in [6.07, 6.45) is -71.1. The third kappa shape index (κ3) is 17.7. The number of hydrogen-bond acceptors (Lipinski definition) is 37. The van der Waals surface area contributed by atoms with Gasteiger partial charge < -0.3 is 194 Å². The van der Waals surface area contributed by atoms with Crippen molar-refractivity contribution in [3.8, 4) is 0 Å². The molecule has 8 fully saturated rings. The standard InChI is InChI=1S/C51H86N2O37.2Ac/c1-4-5-75-46-36(73)31(68)38(16(8-56)83-46)85-51-37(74)43(90-45-21(53)42(89-50-35(72)30(67)25(62)15(7-55)80-50)40(18(10-58)82-45)86-47-32(69)27(64)22(59)12(2)77-47)26(63)19(84-51)11-76-44-20(52)41(88-48-33(70)28(65)23(60)13(3)78-48)39(17(9-57)81-44)87-49-34(71)29(66)24(61)14(6-54)79-49;;/h4,12-74H,1,5-11H2,2-3H3;;/q-2;;/t12?,13?,14?,15?,16?,17?,18?,19?,20?,21?,22-,23-,24+,25+,26+,27?,28?,29?,30?,31?,32?,33?,34?,35?,36?,37?,38+,39-,40-,41?,42?,43?,44-,45+,46-,47+,48?,49+,50+,51+;;/m1../s1. The Kier molecular flexibility index (Phi) is 32.3. The average Bonchev–Trinajstić information content (AvgIpc) is 0.835. The summed E-state index contributed by atoms with van der Waals surface area (Å²) >= 11 is 0. The maximum Gasteiger partial charge on any atom is 0.187 e. The van der Waals surface area contributed by atoms with Crippen LogP contribution in [0.3, 0.4) is 0 Å². The van der Waals surface area contributed by atoms with Gasteiger partial charge in [0.05, 0.1) is 70.7 Å². The Hall–Kier alpha value is 1.06. The summed E-state index contributed by atoms with van der Waals surface area (Å²) < 4.78 is 93.6. The number of nitrogens with one attached hydrogen (secondary N) is 2. The molecule has 0 aromatic heterocycles. The van der Waals surface area contributed by atoms with Crippen LogP contribution in [0, 0.1) is 88.1 Å². The van der Waals surface area contributed by atoms with E-state index < -0.39 is 285 Å². The van der Waals surface area contributed by atoms with Crippen molar-refractivity contribution in [1.82, 2.24) is 0 Å². The topological polar surface area (TPSA) is 620 Å². The van der Waals surface area contributed by atoms with Gasteiger partial charge >= 0.3 is 0 Å². The van der Waals surface area contributed by atoms with Crippen LogP contribution in [0.25, 0.3) is 11.5 Å². The molecule has 8 aliphatic rings. The van der Waals surface area contributed by atoms with E-state index in [0.29, 0.717) is 0 Å². The summed E-state index contributed by atoms with van der Waals surface area (Å²) in [7, 11) is 0. The minimum Gasteiger partial charge on any atom is -0.668 e. The van der Waals surface area contributed by atoms with E-state index in [1.54, 1.807) is 0 Å². The van der Waals surface area contributed by atoms with Crippen molar-refractivity contribution in [2.75, 3.05) is 46.2 Å². The van der Waals surface area contributed by atoms with Crippen LogP contribution in [0.4, 0.5) is 0 Å². The Morgan fingerprint density at radius 2 is 0.620 bits per heavy atom. The predicted molar refractivity (Wildman–Crippen MR) is 280 cm³/mol. The first-order chi connectivity index (χ1) is 42.7. The zero-order valence-electron chi connectivity index (χ0n) is 49.4. The second-order valence-corrected chi connectivity index (χ2v) is 23.1. The maximum absolute atomic E-state index is 12.3. The van der Waals surface area contributed by atoms with Crippen molar-refractivity contribution in [2.45, 2.75) is 259 Å². The molecular formula is C51H86Ac2N2O37-2. The molecule has 39 nitrogen and oxygen atoms in total. The minimum atomic E-state index is -2.35. The summed E-state index contributed by atoms with van der Waals surface area (Å²) in [5, 5.41) is 228. The molecule has 25 unspecified atom stereocenters. The van der Waals surface area contributed by atoms with Gasteiger partial charge in [-0.15, -0.1) is 6.58 Å². The zero-order valence-corrected chi connectivity index (χ0v) is 58.9. The quantitative estimate of drug-likeness (QED) is 0.0422. The minimum absolute atomic E-state index is 0. The molecule has 0 aromatic carbocycles. The third-order valence-corrected chi connectivity index (χ3v) is 17.0. The van der Waals surface area contributed by atoms with Crippen molar-refractivity contribution in [1.29, 1.82) is 0 Å². The van der Waals surface area contributed by atoms with Gasteiger partial charge in [0, 0.05) is 88.1 Å². The summed E-state index contributed by atoms with van der Waals surface area (Å²) in [5.74, 6) is 0. The molecule has 40 atom stereocenters. The van der Waals surface area contributed by atoms with E-state index in [0.717, 1.165) is 0 Å². The first kappa shape index (κ1) is 82.0. The van der Waals surface area contributed by atoms with Gasteiger partial charge in [-0.3, -0.25) is 0 Å². The Balaban J connectivity index is 0.00000672. The van der Waals surface area contributed by atoms with Crippen LogP contribution in [0.15, 0.2) is 12.7 Å². The van der Waals surface area contributed by atoms with Crippen LogP contribution in [-0.4, -0.2) is 399 Å². The molecule has 23 N–H and O–H groups in total. The van der Waals surface area contributed by atoms with E-state index in [2.05, 4.69) is 6.58 Å². The van der Waals surface area contributed by atoms with Crippen molar-refractivity contribution in [2.24, 2.45) is 0 Å². The molecule has 0 amide bonds. The largest absolute Gasteiger partial charge is 0.668 e. The first-order valence-electron chi connectivity index (χ1n) is 29.0. The summed E-state index contributed by atoms with van der Waals surface area (Å²) in [4.78, 5) is 0. The normalized spacial score (nSPS) is 51.9. The van der Waals surface area contributed by atoms with Crippen LogP contribution in [-0.2, 0) is 75.8 Å². The van der Waals surface area contributed by atoms with Gasteiger partial charge in [0.25, 0.3) is 0 Å². The number of aliphatic hydroxyl groups is 21. The van der Waals surface area contributed by atoms with Gasteiger partial charge in [0.2, 0.25) is 0 Å². The van der Waals surface area contributed by atoms with Crippen LogP contribution in [0.1, 0.15) is 13.8 Å². The molecule has 0 saturated carbocycles. The monoisotopic (exact) mass is 1770 g/mol. The molecule has 92 heavy (non-hydrogen) atoms. The van der Waals surface area contributed by atoms with E-state index in [-0.39, 0.29) is 94.7 Å². The maximum atomic E-state index is 12.3. The number of aliphatic hydroxyl groups excluding tert-OH is 21. The molecule has 41 heteroatoms. The van der Waals surface area contributed by atoms with Gasteiger partial charge in [0.1, 0.15) is 171 Å². The van der Waals surface area contributed by atoms with Gasteiger partial charge in [-0.05, 0) is 13.8 Å². The molecular weight excluding hydrogens is 1690 g/mol. The fourth-order valence-electron chi connectivity index (χ4n) is 11.6. The van der Waals surface area contributed by atoms with Crippen LogP contribution >= 0.6 is 0 Å². The van der Waals surface area contributed by atoms with E-state index >= 15 is 0 Å². The van der Waals surface area contributed by atoms with Crippen LogP contribution in [0.5, 0.6) is 0 Å². The summed E-state index contributed by atoms with van der Waals surface area (Å²) in [5.41, 5.74) is 19.0. The molecule has 530 valence electrons. The zero-order chi connectivity index (χ0) is 66.1. The third-order valence-electron chi connectivity index (χ3n) is 17.0. The smallest absolute Gasteiger partial charge is 0.187 e. The molecule has 0 bridgehead atoms. The fraction of sp³-hybridized carbons (Fsp3) is 0.961. The molecule has 8 aliphatic heterocycles. The molecule has 8 rings (SSSR count). The number of hydrogen-bond donors (Lipinski definition) is 21. The first-order valence-corrected chi connectivity index (χ1v) is 29.0. The van der Waals surface area contributed by atoms with Crippen LogP contribution in [0.2, 0.25) is 0 Å². The molecule has 8 heterocycles. The Bertz CT molecular complexity index is 2210. The van der Waals surface area contributed by atoms with Gasteiger partial charge in [-0.1, -0.05) is 18.2 Å². The van der Waals surface area contributed by atoms with E-state index in [1.165, 1.54) is 19.9 Å². The Morgan fingerprint density at radius 1 is 0.304 bits per heavy atom. The average molecular weight is 1770 g/mol. The van der Waals surface area contributed by atoms with Gasteiger partial charge in [-0.25, -0.2) is 0 Å². The van der Waals surface area contributed by atoms with Crippen molar-refractivity contribution in [3.63, 3.8) is 0 Å². The predicted octanol–water partition coefficient (Wildman–Crippen LogP) is -13.1. The van der Waals surface area contributed by atoms with Crippen LogP contribution < -0.4 is 0 Å². The van der Waals surface area contributed by atoms with Gasteiger partial charge in [-0.2, -0.15) is 0 Å². The van der Waals surface area contributed by atoms with Crippen molar-refractivity contribution >= 4 is 0 Å². The van der Waals surface area contributed by atoms with Crippen molar-refractivity contribution in [3.05, 3.63) is 24.1 Å². The molecule has 8 saturated heterocycles.